The van der Waals surface area contributed by atoms with Gasteiger partial charge in [-0.1, -0.05) is 42.1 Å². The maximum Gasteiger partial charge on any atom is 0.142 e. The highest BCUT2D eigenvalue weighted by molar-refractivity contribution is 5.78. The predicted octanol–water partition coefficient (Wildman–Crippen LogP) is 4.21. The van der Waals surface area contributed by atoms with Gasteiger partial charge in [0.15, 0.2) is 0 Å². The van der Waals surface area contributed by atoms with E-state index in [1.54, 1.807) is 0 Å². The molecule has 0 saturated heterocycles. The second kappa shape index (κ2) is 6.80. The molecule has 1 aliphatic carbocycles. The quantitative estimate of drug-likeness (QED) is 0.558. The van der Waals surface area contributed by atoms with Crippen LogP contribution in [0.5, 0.6) is 0 Å². The third kappa shape index (κ3) is 3.88. The minimum atomic E-state index is 0.474. The van der Waals surface area contributed by atoms with Crippen LogP contribution in [0, 0.1) is 0 Å². The first-order valence-electron chi connectivity index (χ1n) is 6.37. The fourth-order valence-corrected chi connectivity index (χ4v) is 1.95. The zero-order valence-corrected chi connectivity index (χ0v) is 10.6. The summed E-state index contributed by atoms with van der Waals surface area (Å²) in [7, 11) is 0. The van der Waals surface area contributed by atoms with Gasteiger partial charge < -0.3 is 4.84 Å². The van der Waals surface area contributed by atoms with Gasteiger partial charge in [-0.3, -0.25) is 0 Å². The van der Waals surface area contributed by atoms with Crippen molar-refractivity contribution in [2.24, 2.45) is 5.16 Å². The molecule has 0 spiro atoms. The standard InChI is InChI=1S/C16H18NO/c1-2-14-9-6-10-16(11-14)13-18-17-12-15-7-4-3-5-8-15/h2,6-7,9-11H,1,3-5,8,13H2. The molecule has 1 radical (unpaired) electrons. The van der Waals surface area contributed by atoms with Crippen molar-refractivity contribution in [3.8, 4) is 0 Å². The topological polar surface area (TPSA) is 21.6 Å². The summed E-state index contributed by atoms with van der Waals surface area (Å²) in [5, 5.41) is 3.90. The van der Waals surface area contributed by atoms with Crippen molar-refractivity contribution in [1.29, 1.82) is 0 Å². The Morgan fingerprint density at radius 2 is 2.33 bits per heavy atom. The molecule has 2 rings (SSSR count). The van der Waals surface area contributed by atoms with Gasteiger partial charge in [-0.2, -0.15) is 0 Å². The molecule has 0 fully saturated rings. The maximum absolute atomic E-state index is 5.26. The Hall–Kier alpha value is -1.83. The molecule has 0 bridgehead atoms. The summed E-state index contributed by atoms with van der Waals surface area (Å²) < 4.78 is 0. The Kier molecular flexibility index (Phi) is 4.77. The number of hydrogen-bond donors (Lipinski definition) is 0. The summed E-state index contributed by atoms with van der Waals surface area (Å²) in [4.78, 5) is 5.26. The zero-order chi connectivity index (χ0) is 12.6. The van der Waals surface area contributed by atoms with Crippen LogP contribution in [0.1, 0.15) is 36.8 Å². The van der Waals surface area contributed by atoms with Crippen LogP contribution in [-0.4, -0.2) is 6.21 Å². The molecule has 0 saturated carbocycles. The number of nitrogens with zero attached hydrogens (tertiary/aromatic N) is 1. The van der Waals surface area contributed by atoms with Gasteiger partial charge in [-0.25, -0.2) is 0 Å². The molecule has 18 heavy (non-hydrogen) atoms. The average Bonchev–Trinajstić information content (AvgIpc) is 2.45. The fraction of sp³-hybridized carbons (Fsp3) is 0.312. The number of allylic oxidation sites excluding steroid dienone is 2. The molecular formula is C16H18NO. The monoisotopic (exact) mass is 240 g/mol. The Balaban J connectivity index is 1.82. The Morgan fingerprint density at radius 3 is 3.11 bits per heavy atom. The summed E-state index contributed by atoms with van der Waals surface area (Å²) in [5.41, 5.74) is 3.36. The van der Waals surface area contributed by atoms with Crippen LogP contribution in [0.15, 0.2) is 47.6 Å². The number of rotatable bonds is 5. The van der Waals surface area contributed by atoms with Crippen LogP contribution in [0.3, 0.4) is 0 Å². The summed E-state index contributed by atoms with van der Waals surface area (Å²) >= 11 is 0. The van der Waals surface area contributed by atoms with E-state index in [9.17, 15) is 0 Å². The van der Waals surface area contributed by atoms with Gasteiger partial charge in [0, 0.05) is 0 Å². The lowest BCUT2D eigenvalue weighted by molar-refractivity contribution is 0.132. The van der Waals surface area contributed by atoms with Crippen LogP contribution >= 0.6 is 0 Å². The molecule has 93 valence electrons. The highest BCUT2D eigenvalue weighted by atomic mass is 16.6. The lowest BCUT2D eigenvalue weighted by Gasteiger charge is -2.06. The Morgan fingerprint density at radius 1 is 1.39 bits per heavy atom. The van der Waals surface area contributed by atoms with Gasteiger partial charge in [-0.15, -0.1) is 0 Å². The third-order valence-corrected chi connectivity index (χ3v) is 2.96. The van der Waals surface area contributed by atoms with E-state index in [-0.39, 0.29) is 0 Å². The molecule has 0 atom stereocenters. The molecular weight excluding hydrogens is 222 g/mol. The molecule has 2 nitrogen and oxygen atoms in total. The summed E-state index contributed by atoms with van der Waals surface area (Å²) in [5.74, 6) is 0. The van der Waals surface area contributed by atoms with Crippen molar-refractivity contribution < 1.29 is 4.84 Å². The highest BCUT2D eigenvalue weighted by Crippen LogP contribution is 2.15. The molecule has 1 aliphatic rings. The highest BCUT2D eigenvalue weighted by Gasteiger charge is 2.01. The lowest BCUT2D eigenvalue weighted by atomic mass is 10.0. The molecule has 1 aromatic rings. The van der Waals surface area contributed by atoms with Crippen molar-refractivity contribution in [3.05, 3.63) is 53.6 Å². The van der Waals surface area contributed by atoms with Crippen molar-refractivity contribution in [1.82, 2.24) is 0 Å². The molecule has 0 amide bonds. The minimum Gasteiger partial charge on any atom is -0.390 e. The van der Waals surface area contributed by atoms with Crippen LogP contribution in [0.25, 0.3) is 6.08 Å². The first-order chi connectivity index (χ1) is 8.88. The van der Waals surface area contributed by atoms with Gasteiger partial charge in [-0.05, 0) is 48.4 Å². The smallest absolute Gasteiger partial charge is 0.142 e. The van der Waals surface area contributed by atoms with Crippen molar-refractivity contribution in [2.45, 2.75) is 32.3 Å². The SMILES string of the molecule is C=Cc1cccc(CO/N=[C]\C2=CCCCC2)c1. The molecule has 0 heterocycles. The Labute approximate surface area is 109 Å². The Bertz CT molecular complexity index is 460. The van der Waals surface area contributed by atoms with Gasteiger partial charge in [0.25, 0.3) is 0 Å². The van der Waals surface area contributed by atoms with Crippen molar-refractivity contribution >= 4 is 12.3 Å². The first kappa shape index (κ1) is 12.6. The third-order valence-electron chi connectivity index (χ3n) is 2.96. The van der Waals surface area contributed by atoms with Crippen molar-refractivity contribution in [2.75, 3.05) is 0 Å². The molecule has 0 aliphatic heterocycles. The van der Waals surface area contributed by atoms with E-state index in [4.69, 9.17) is 4.84 Å². The zero-order valence-electron chi connectivity index (χ0n) is 10.6. The minimum absolute atomic E-state index is 0.474. The normalized spacial score (nSPS) is 15.4. The van der Waals surface area contributed by atoms with E-state index in [1.165, 1.54) is 18.4 Å². The van der Waals surface area contributed by atoms with Crippen molar-refractivity contribution in [3.63, 3.8) is 0 Å². The molecule has 2 heteroatoms. The van der Waals surface area contributed by atoms with E-state index in [0.717, 1.165) is 24.0 Å². The van der Waals surface area contributed by atoms with E-state index in [0.29, 0.717) is 6.61 Å². The van der Waals surface area contributed by atoms with Crippen LogP contribution in [0.4, 0.5) is 0 Å². The number of benzene rings is 1. The van der Waals surface area contributed by atoms with Crippen LogP contribution in [-0.2, 0) is 11.4 Å². The summed E-state index contributed by atoms with van der Waals surface area (Å²) in [6.07, 6.45) is 11.7. The first-order valence-corrected chi connectivity index (χ1v) is 6.37. The predicted molar refractivity (Wildman–Crippen MR) is 75.3 cm³/mol. The second-order valence-corrected chi connectivity index (χ2v) is 4.40. The van der Waals surface area contributed by atoms with E-state index < -0.39 is 0 Å². The second-order valence-electron chi connectivity index (χ2n) is 4.40. The van der Waals surface area contributed by atoms with E-state index in [2.05, 4.69) is 24.0 Å². The molecule has 0 aromatic heterocycles. The maximum atomic E-state index is 5.26. The van der Waals surface area contributed by atoms with Crippen LogP contribution < -0.4 is 0 Å². The number of hydrogen-bond acceptors (Lipinski definition) is 2. The van der Waals surface area contributed by atoms with Gasteiger partial charge in [0.1, 0.15) is 12.8 Å². The van der Waals surface area contributed by atoms with Gasteiger partial charge in [0.2, 0.25) is 0 Å². The van der Waals surface area contributed by atoms with E-state index >= 15 is 0 Å². The molecule has 0 N–H and O–H groups in total. The van der Waals surface area contributed by atoms with E-state index in [1.807, 2.05) is 30.3 Å². The lowest BCUT2D eigenvalue weighted by Crippen LogP contribution is -1.94. The summed E-state index contributed by atoms with van der Waals surface area (Å²) in [6.45, 7) is 4.22. The average molecular weight is 240 g/mol. The van der Waals surface area contributed by atoms with Crippen LogP contribution in [0.2, 0.25) is 0 Å². The molecule has 1 aromatic carbocycles. The van der Waals surface area contributed by atoms with Gasteiger partial charge in [0.05, 0.1) is 0 Å². The summed E-state index contributed by atoms with van der Waals surface area (Å²) in [6, 6.07) is 8.07. The van der Waals surface area contributed by atoms with Gasteiger partial charge >= 0.3 is 0 Å². The molecule has 0 unspecified atom stereocenters. The fourth-order valence-electron chi connectivity index (χ4n) is 1.95. The largest absolute Gasteiger partial charge is 0.390 e.